The molecule has 0 aliphatic heterocycles. The molecule has 0 radical (unpaired) electrons. The number of rotatable bonds is 7. The summed E-state index contributed by atoms with van der Waals surface area (Å²) in [5.74, 6) is 0.803. The number of nitrogens with zero attached hydrogens (tertiary/aromatic N) is 1. The highest BCUT2D eigenvalue weighted by Crippen LogP contribution is 2.21. The Morgan fingerprint density at radius 2 is 1.56 bits per heavy atom. The molecule has 5 nitrogen and oxygen atoms in total. The quantitative estimate of drug-likeness (QED) is 0.566. The molecule has 27 heavy (non-hydrogen) atoms. The number of guanidine groups is 1. The molecule has 2 aromatic carbocycles. The van der Waals surface area contributed by atoms with E-state index < -0.39 is 9.84 Å². The summed E-state index contributed by atoms with van der Waals surface area (Å²) in [7, 11) is -1.26. The molecule has 0 saturated heterocycles. The number of hydrogen-bond acceptors (Lipinski definition) is 3. The smallest absolute Gasteiger partial charge is 0.191 e. The van der Waals surface area contributed by atoms with Crippen molar-refractivity contribution in [3.05, 3.63) is 71.3 Å². The fraction of sp³-hybridized carbons (Fsp3) is 0.381. The summed E-state index contributed by atoms with van der Waals surface area (Å²) < 4.78 is 22.7. The fourth-order valence-corrected chi connectivity index (χ4v) is 3.56. The molecule has 0 aliphatic rings. The van der Waals surface area contributed by atoms with E-state index in [1.165, 1.54) is 11.8 Å². The van der Waals surface area contributed by atoms with Gasteiger partial charge in [0.25, 0.3) is 0 Å². The van der Waals surface area contributed by atoms with Gasteiger partial charge < -0.3 is 10.6 Å². The Morgan fingerprint density at radius 1 is 0.963 bits per heavy atom. The van der Waals surface area contributed by atoms with E-state index in [9.17, 15) is 8.42 Å². The Bertz CT molecular complexity index is 858. The number of sulfone groups is 1. The van der Waals surface area contributed by atoms with Gasteiger partial charge in [-0.15, -0.1) is 0 Å². The van der Waals surface area contributed by atoms with Gasteiger partial charge in [0.1, 0.15) is 0 Å². The molecule has 0 saturated carbocycles. The number of aliphatic imine (C=N–C) groups is 1. The summed E-state index contributed by atoms with van der Waals surface area (Å²) in [6.45, 7) is 5.76. The first-order chi connectivity index (χ1) is 12.7. The first-order valence-electron chi connectivity index (χ1n) is 8.95. The third-order valence-corrected chi connectivity index (χ3v) is 5.25. The lowest BCUT2D eigenvalue weighted by atomic mass is 9.85. The summed E-state index contributed by atoms with van der Waals surface area (Å²) in [5, 5.41) is 6.68. The van der Waals surface area contributed by atoms with E-state index in [1.54, 1.807) is 7.05 Å². The van der Waals surface area contributed by atoms with Gasteiger partial charge in [0.15, 0.2) is 15.8 Å². The van der Waals surface area contributed by atoms with E-state index in [1.807, 2.05) is 30.3 Å². The van der Waals surface area contributed by atoms with Gasteiger partial charge in [0.2, 0.25) is 0 Å². The van der Waals surface area contributed by atoms with Crippen molar-refractivity contribution in [3.8, 4) is 0 Å². The monoisotopic (exact) mass is 387 g/mol. The lowest BCUT2D eigenvalue weighted by molar-refractivity contribution is 0.508. The van der Waals surface area contributed by atoms with E-state index in [2.05, 4.69) is 53.7 Å². The molecule has 0 aromatic heterocycles. The molecule has 0 atom stereocenters. The molecule has 2 N–H and O–H groups in total. The van der Waals surface area contributed by atoms with Crippen molar-refractivity contribution in [3.63, 3.8) is 0 Å². The van der Waals surface area contributed by atoms with Gasteiger partial charge in [-0.3, -0.25) is 4.99 Å². The molecule has 0 heterocycles. The maximum atomic E-state index is 11.4. The van der Waals surface area contributed by atoms with Crippen LogP contribution in [0.25, 0.3) is 0 Å². The Kier molecular flexibility index (Phi) is 7.02. The molecule has 0 amide bonds. The van der Waals surface area contributed by atoms with Crippen LogP contribution in [0.15, 0.2) is 59.6 Å². The summed E-state index contributed by atoms with van der Waals surface area (Å²) >= 11 is 0. The first-order valence-corrected chi connectivity index (χ1v) is 11.0. The zero-order valence-corrected chi connectivity index (χ0v) is 17.3. The molecular formula is C21H29N3O2S. The van der Waals surface area contributed by atoms with Crippen molar-refractivity contribution in [1.29, 1.82) is 0 Å². The Balaban J connectivity index is 1.88. The van der Waals surface area contributed by atoms with Crippen LogP contribution < -0.4 is 10.6 Å². The molecule has 0 unspecified atom stereocenters. The van der Waals surface area contributed by atoms with Crippen LogP contribution in [-0.4, -0.2) is 34.2 Å². The lowest BCUT2D eigenvalue weighted by Gasteiger charge is -2.26. The SMILES string of the molecule is CN=C(NCc1ccc(CS(C)(=O)=O)cc1)NCC(C)(C)c1ccccc1. The minimum absolute atomic E-state index is 0.0217. The van der Waals surface area contributed by atoms with Gasteiger partial charge in [-0.05, 0) is 16.7 Å². The standard InChI is InChI=1S/C21H29N3O2S/c1-21(2,19-8-6-5-7-9-19)16-24-20(22-3)23-14-17-10-12-18(13-11-17)15-27(4,25)26/h5-13H,14-16H2,1-4H3,(H2,22,23,24). The van der Waals surface area contributed by atoms with Crippen LogP contribution in [0.1, 0.15) is 30.5 Å². The van der Waals surface area contributed by atoms with Gasteiger partial charge in [-0.25, -0.2) is 8.42 Å². The van der Waals surface area contributed by atoms with Crippen LogP contribution in [0.2, 0.25) is 0 Å². The topological polar surface area (TPSA) is 70.6 Å². The molecule has 146 valence electrons. The first kappa shape index (κ1) is 21.0. The highest BCUT2D eigenvalue weighted by molar-refractivity contribution is 7.89. The maximum absolute atomic E-state index is 11.4. The minimum atomic E-state index is -3.01. The lowest BCUT2D eigenvalue weighted by Crippen LogP contribution is -2.43. The van der Waals surface area contributed by atoms with Crippen LogP contribution >= 0.6 is 0 Å². The average molecular weight is 388 g/mol. The number of hydrogen-bond donors (Lipinski definition) is 2. The van der Waals surface area contributed by atoms with Crippen molar-refractivity contribution in [1.82, 2.24) is 10.6 Å². The average Bonchev–Trinajstić information content (AvgIpc) is 2.62. The van der Waals surface area contributed by atoms with Crippen molar-refractivity contribution >= 4 is 15.8 Å². The van der Waals surface area contributed by atoms with E-state index in [4.69, 9.17) is 0 Å². The third kappa shape index (κ3) is 7.06. The molecule has 0 fully saturated rings. The van der Waals surface area contributed by atoms with Gasteiger partial charge >= 0.3 is 0 Å². The minimum Gasteiger partial charge on any atom is -0.356 e. The predicted octanol–water partition coefficient (Wildman–Crippen LogP) is 2.87. The van der Waals surface area contributed by atoms with E-state index in [-0.39, 0.29) is 11.2 Å². The molecular weight excluding hydrogens is 358 g/mol. The molecule has 0 aliphatic carbocycles. The van der Waals surface area contributed by atoms with E-state index in [0.717, 1.165) is 23.6 Å². The van der Waals surface area contributed by atoms with Crippen LogP contribution in [0.3, 0.4) is 0 Å². The van der Waals surface area contributed by atoms with E-state index in [0.29, 0.717) is 6.54 Å². The van der Waals surface area contributed by atoms with Gasteiger partial charge in [0.05, 0.1) is 5.75 Å². The molecule has 6 heteroatoms. The predicted molar refractivity (Wildman–Crippen MR) is 113 cm³/mol. The van der Waals surface area contributed by atoms with E-state index >= 15 is 0 Å². The summed E-state index contributed by atoms with van der Waals surface area (Å²) in [4.78, 5) is 4.28. The van der Waals surface area contributed by atoms with Gasteiger partial charge in [-0.1, -0.05) is 68.4 Å². The normalized spacial score (nSPS) is 12.7. The Hall–Kier alpha value is -2.34. The molecule has 2 rings (SSSR count). The molecule has 2 aromatic rings. The highest BCUT2D eigenvalue weighted by Gasteiger charge is 2.20. The molecule has 0 spiro atoms. The van der Waals surface area contributed by atoms with Gasteiger partial charge in [-0.2, -0.15) is 0 Å². The Morgan fingerprint density at radius 3 is 2.11 bits per heavy atom. The van der Waals surface area contributed by atoms with Crippen molar-refractivity contribution in [2.24, 2.45) is 4.99 Å². The van der Waals surface area contributed by atoms with Crippen LogP contribution in [0.4, 0.5) is 0 Å². The Labute approximate surface area is 162 Å². The highest BCUT2D eigenvalue weighted by atomic mass is 32.2. The zero-order valence-electron chi connectivity index (χ0n) is 16.5. The van der Waals surface area contributed by atoms with Crippen LogP contribution in [-0.2, 0) is 27.5 Å². The second-order valence-corrected chi connectivity index (χ2v) is 9.56. The largest absolute Gasteiger partial charge is 0.356 e. The second-order valence-electron chi connectivity index (χ2n) is 7.42. The van der Waals surface area contributed by atoms with Crippen molar-refractivity contribution in [2.75, 3.05) is 19.8 Å². The van der Waals surface area contributed by atoms with Crippen LogP contribution in [0.5, 0.6) is 0 Å². The third-order valence-electron chi connectivity index (χ3n) is 4.39. The second kappa shape index (κ2) is 9.04. The number of nitrogens with one attached hydrogen (secondary N) is 2. The zero-order chi connectivity index (χ0) is 19.9. The van der Waals surface area contributed by atoms with Crippen molar-refractivity contribution in [2.45, 2.75) is 31.6 Å². The van der Waals surface area contributed by atoms with Gasteiger partial charge in [0, 0.05) is 31.8 Å². The van der Waals surface area contributed by atoms with Crippen molar-refractivity contribution < 1.29 is 8.42 Å². The summed E-state index contributed by atoms with van der Waals surface area (Å²) in [5.41, 5.74) is 3.12. The van der Waals surface area contributed by atoms with Crippen LogP contribution in [0, 0.1) is 0 Å². The number of benzene rings is 2. The summed E-state index contributed by atoms with van der Waals surface area (Å²) in [6.07, 6.45) is 1.25. The summed E-state index contributed by atoms with van der Waals surface area (Å²) in [6, 6.07) is 18.0. The fourth-order valence-electron chi connectivity index (χ4n) is 2.76. The maximum Gasteiger partial charge on any atom is 0.191 e. The molecule has 0 bridgehead atoms.